The fraction of sp³-hybridized carbons (Fsp3) is 0.889. The summed E-state index contributed by atoms with van der Waals surface area (Å²) in [6.45, 7) is 6.93. The largest absolute Gasteiger partial charge is 0.324 e. The molecule has 5 nitrogen and oxygen atoms in total. The van der Waals surface area contributed by atoms with Crippen LogP contribution in [0.3, 0.4) is 0 Å². The molecular formula is C9H19N5. The van der Waals surface area contributed by atoms with Gasteiger partial charge in [0.05, 0.1) is 12.6 Å². The van der Waals surface area contributed by atoms with Gasteiger partial charge in [-0.1, -0.05) is 26.7 Å². The lowest BCUT2D eigenvalue weighted by molar-refractivity contribution is 0.300. The maximum atomic E-state index is 5.55. The SMILES string of the molecule is CCC(CC)C(C)n1nnnc1CN. The van der Waals surface area contributed by atoms with Crippen LogP contribution in [0.4, 0.5) is 0 Å². The van der Waals surface area contributed by atoms with Crippen molar-refractivity contribution in [1.82, 2.24) is 20.2 Å². The standard InChI is InChI=1S/C9H19N5/c1-4-8(5-2)7(3)14-9(6-10)11-12-13-14/h7-8H,4-6,10H2,1-3H3. The number of rotatable bonds is 5. The van der Waals surface area contributed by atoms with Gasteiger partial charge in [-0.2, -0.15) is 0 Å². The fourth-order valence-electron chi connectivity index (χ4n) is 1.83. The normalized spacial score (nSPS) is 13.5. The highest BCUT2D eigenvalue weighted by Gasteiger charge is 2.18. The van der Waals surface area contributed by atoms with Gasteiger partial charge in [-0.3, -0.25) is 0 Å². The van der Waals surface area contributed by atoms with E-state index in [1.54, 1.807) is 0 Å². The van der Waals surface area contributed by atoms with Crippen LogP contribution in [0.15, 0.2) is 0 Å². The molecule has 2 N–H and O–H groups in total. The average molecular weight is 197 g/mol. The zero-order chi connectivity index (χ0) is 10.6. The Balaban J connectivity index is 2.81. The lowest BCUT2D eigenvalue weighted by Crippen LogP contribution is -2.20. The minimum Gasteiger partial charge on any atom is -0.324 e. The molecule has 0 aromatic carbocycles. The average Bonchev–Trinajstić information content (AvgIpc) is 2.67. The Morgan fingerprint density at radius 2 is 2.00 bits per heavy atom. The molecule has 80 valence electrons. The Kier molecular flexibility index (Phi) is 4.00. The van der Waals surface area contributed by atoms with Crippen molar-refractivity contribution >= 4 is 0 Å². The molecule has 0 saturated carbocycles. The van der Waals surface area contributed by atoms with Crippen LogP contribution in [0, 0.1) is 5.92 Å². The molecule has 0 bridgehead atoms. The summed E-state index contributed by atoms with van der Waals surface area (Å²) < 4.78 is 1.84. The van der Waals surface area contributed by atoms with Crippen molar-refractivity contribution in [3.05, 3.63) is 5.82 Å². The molecule has 0 aliphatic rings. The Morgan fingerprint density at radius 1 is 1.36 bits per heavy atom. The first-order valence-corrected chi connectivity index (χ1v) is 5.21. The number of aromatic nitrogens is 4. The van der Waals surface area contributed by atoms with Crippen LogP contribution >= 0.6 is 0 Å². The van der Waals surface area contributed by atoms with E-state index in [4.69, 9.17) is 5.73 Å². The number of tetrazole rings is 1. The van der Waals surface area contributed by atoms with Crippen molar-refractivity contribution in [2.24, 2.45) is 11.7 Å². The van der Waals surface area contributed by atoms with E-state index in [1.807, 2.05) is 4.68 Å². The quantitative estimate of drug-likeness (QED) is 0.768. The second-order valence-corrected chi connectivity index (χ2v) is 3.56. The highest BCUT2D eigenvalue weighted by atomic mass is 15.5. The summed E-state index contributed by atoms with van der Waals surface area (Å²) in [5.74, 6) is 1.38. The highest BCUT2D eigenvalue weighted by Crippen LogP contribution is 2.23. The predicted molar refractivity (Wildman–Crippen MR) is 54.5 cm³/mol. The molecule has 0 fully saturated rings. The molecule has 1 unspecified atom stereocenters. The van der Waals surface area contributed by atoms with E-state index in [9.17, 15) is 0 Å². The first-order chi connectivity index (χ1) is 6.74. The van der Waals surface area contributed by atoms with Crippen molar-refractivity contribution in [2.45, 2.75) is 46.2 Å². The van der Waals surface area contributed by atoms with Gasteiger partial charge >= 0.3 is 0 Å². The van der Waals surface area contributed by atoms with Crippen molar-refractivity contribution in [3.8, 4) is 0 Å². The monoisotopic (exact) mass is 197 g/mol. The van der Waals surface area contributed by atoms with Crippen LogP contribution in [0.5, 0.6) is 0 Å². The van der Waals surface area contributed by atoms with Gasteiger partial charge in [-0.05, 0) is 23.3 Å². The van der Waals surface area contributed by atoms with E-state index < -0.39 is 0 Å². The predicted octanol–water partition coefficient (Wildman–Crippen LogP) is 1.13. The molecular weight excluding hydrogens is 178 g/mol. The van der Waals surface area contributed by atoms with Crippen LogP contribution < -0.4 is 5.73 Å². The first-order valence-electron chi connectivity index (χ1n) is 5.21. The summed E-state index contributed by atoms with van der Waals surface area (Å²) >= 11 is 0. The van der Waals surface area contributed by atoms with E-state index >= 15 is 0 Å². The third-order valence-corrected chi connectivity index (χ3v) is 2.86. The maximum Gasteiger partial charge on any atom is 0.165 e. The van der Waals surface area contributed by atoms with E-state index in [2.05, 4.69) is 36.3 Å². The molecule has 0 aliphatic carbocycles. The van der Waals surface area contributed by atoms with Crippen LogP contribution in [0.25, 0.3) is 0 Å². The Hall–Kier alpha value is -0.970. The van der Waals surface area contributed by atoms with Gasteiger partial charge in [-0.25, -0.2) is 4.68 Å². The number of hydrogen-bond donors (Lipinski definition) is 1. The molecule has 0 spiro atoms. The van der Waals surface area contributed by atoms with Crippen LogP contribution in [0.1, 0.15) is 45.5 Å². The van der Waals surface area contributed by atoms with Crippen LogP contribution in [0.2, 0.25) is 0 Å². The molecule has 0 aliphatic heterocycles. The Labute approximate surface area is 84.7 Å². The van der Waals surface area contributed by atoms with Gasteiger partial charge < -0.3 is 5.73 Å². The summed E-state index contributed by atoms with van der Waals surface area (Å²) in [6.07, 6.45) is 2.28. The summed E-state index contributed by atoms with van der Waals surface area (Å²) in [4.78, 5) is 0. The van der Waals surface area contributed by atoms with Crippen molar-refractivity contribution in [2.75, 3.05) is 0 Å². The Bertz CT molecular complexity index is 266. The van der Waals surface area contributed by atoms with Gasteiger partial charge in [-0.15, -0.1) is 5.10 Å². The molecule has 14 heavy (non-hydrogen) atoms. The molecule has 0 saturated heterocycles. The molecule has 1 aromatic rings. The van der Waals surface area contributed by atoms with Crippen molar-refractivity contribution in [3.63, 3.8) is 0 Å². The summed E-state index contributed by atoms with van der Waals surface area (Å²) in [7, 11) is 0. The molecule has 1 rings (SSSR count). The third-order valence-electron chi connectivity index (χ3n) is 2.86. The zero-order valence-corrected chi connectivity index (χ0v) is 9.14. The summed E-state index contributed by atoms with van der Waals surface area (Å²) in [5, 5.41) is 11.5. The smallest absolute Gasteiger partial charge is 0.165 e. The molecule has 1 atom stereocenters. The van der Waals surface area contributed by atoms with Gasteiger partial charge in [0.2, 0.25) is 0 Å². The van der Waals surface area contributed by atoms with Crippen LogP contribution in [-0.4, -0.2) is 20.2 Å². The third kappa shape index (κ3) is 2.09. The van der Waals surface area contributed by atoms with Gasteiger partial charge in [0, 0.05) is 0 Å². The number of nitrogens with two attached hydrogens (primary N) is 1. The number of hydrogen-bond acceptors (Lipinski definition) is 4. The van der Waals surface area contributed by atoms with Gasteiger partial charge in [0.25, 0.3) is 0 Å². The van der Waals surface area contributed by atoms with E-state index in [1.165, 1.54) is 0 Å². The lowest BCUT2D eigenvalue weighted by atomic mass is 9.96. The molecule has 0 amide bonds. The van der Waals surface area contributed by atoms with Crippen LogP contribution in [-0.2, 0) is 6.54 Å². The Morgan fingerprint density at radius 3 is 2.50 bits per heavy atom. The second-order valence-electron chi connectivity index (χ2n) is 3.56. The second kappa shape index (κ2) is 5.05. The fourth-order valence-corrected chi connectivity index (χ4v) is 1.83. The summed E-state index contributed by atoms with van der Waals surface area (Å²) in [6, 6.07) is 0.332. The zero-order valence-electron chi connectivity index (χ0n) is 9.14. The van der Waals surface area contributed by atoms with Gasteiger partial charge in [0.1, 0.15) is 0 Å². The van der Waals surface area contributed by atoms with E-state index in [0.29, 0.717) is 18.5 Å². The lowest BCUT2D eigenvalue weighted by Gasteiger charge is -2.21. The summed E-state index contributed by atoms with van der Waals surface area (Å²) in [5.41, 5.74) is 5.55. The molecule has 1 heterocycles. The minimum absolute atomic E-state index is 0.332. The highest BCUT2D eigenvalue weighted by molar-refractivity contribution is 4.83. The van der Waals surface area contributed by atoms with E-state index in [-0.39, 0.29) is 0 Å². The van der Waals surface area contributed by atoms with Crippen molar-refractivity contribution < 1.29 is 0 Å². The minimum atomic E-state index is 0.332. The van der Waals surface area contributed by atoms with Crippen molar-refractivity contribution in [1.29, 1.82) is 0 Å². The topological polar surface area (TPSA) is 69.6 Å². The first kappa shape index (κ1) is 11.1. The molecule has 0 radical (unpaired) electrons. The molecule has 5 heteroatoms. The van der Waals surface area contributed by atoms with E-state index in [0.717, 1.165) is 18.7 Å². The molecule has 1 aromatic heterocycles. The number of nitrogens with zero attached hydrogens (tertiary/aromatic N) is 4. The maximum absolute atomic E-state index is 5.55. The van der Waals surface area contributed by atoms with Gasteiger partial charge in [0.15, 0.2) is 5.82 Å².